The maximum Gasteiger partial charge on any atom is 0.115 e. The van der Waals surface area contributed by atoms with Gasteiger partial charge in [-0.3, -0.25) is 0 Å². The third kappa shape index (κ3) is 4.95. The third-order valence-electron chi connectivity index (χ3n) is 10.4. The molecule has 37 heavy (non-hydrogen) atoms. The second kappa shape index (κ2) is 10.3. The number of H-pyrrole nitrogens is 1. The minimum Gasteiger partial charge on any atom is -0.393 e. The van der Waals surface area contributed by atoms with Gasteiger partial charge in [0.05, 0.1) is 23.7 Å². The molecule has 5 nitrogen and oxygen atoms in total. The van der Waals surface area contributed by atoms with Crippen LogP contribution in [0.25, 0.3) is 0 Å². The van der Waals surface area contributed by atoms with Gasteiger partial charge >= 0.3 is 0 Å². The molecule has 4 N–H and O–H groups in total. The lowest BCUT2D eigenvalue weighted by molar-refractivity contribution is 0.0862. The third-order valence-corrected chi connectivity index (χ3v) is 10.4. The molecule has 0 saturated heterocycles. The number of aromatic nitrogens is 2. The molecule has 0 bridgehead atoms. The zero-order valence-electron chi connectivity index (χ0n) is 22.9. The number of aliphatic hydroxyl groups excluding tert-OH is 3. The molecule has 202 valence electrons. The van der Waals surface area contributed by atoms with E-state index in [1.165, 1.54) is 31.3 Å². The van der Waals surface area contributed by atoms with Crippen LogP contribution in [0.5, 0.6) is 0 Å². The predicted molar refractivity (Wildman–Crippen MR) is 148 cm³/mol. The van der Waals surface area contributed by atoms with Crippen LogP contribution in [0, 0.1) is 23.2 Å². The summed E-state index contributed by atoms with van der Waals surface area (Å²) in [6.45, 7) is 11.0. The van der Waals surface area contributed by atoms with Crippen molar-refractivity contribution in [3.05, 3.63) is 65.3 Å². The molecule has 1 aromatic heterocycles. The first-order valence-electron chi connectivity index (χ1n) is 14.5. The first kappa shape index (κ1) is 26.6. The quantitative estimate of drug-likeness (QED) is 0.357. The van der Waals surface area contributed by atoms with Crippen molar-refractivity contribution in [2.75, 3.05) is 0 Å². The molecule has 7 atom stereocenters. The average Bonchev–Trinajstić information content (AvgIpc) is 3.39. The van der Waals surface area contributed by atoms with Crippen LogP contribution < -0.4 is 0 Å². The van der Waals surface area contributed by atoms with E-state index in [1.807, 2.05) is 6.20 Å². The van der Waals surface area contributed by atoms with Gasteiger partial charge in [-0.1, -0.05) is 57.2 Å². The van der Waals surface area contributed by atoms with Crippen LogP contribution in [0.3, 0.4) is 0 Å². The highest BCUT2D eigenvalue weighted by atomic mass is 16.3. The lowest BCUT2D eigenvalue weighted by Gasteiger charge is -2.44. The largest absolute Gasteiger partial charge is 0.393 e. The molecule has 0 unspecified atom stereocenters. The monoisotopic (exact) mass is 506 g/mol. The van der Waals surface area contributed by atoms with E-state index in [4.69, 9.17) is 0 Å². The van der Waals surface area contributed by atoms with Crippen LogP contribution in [0.2, 0.25) is 0 Å². The molecule has 0 aromatic carbocycles. The summed E-state index contributed by atoms with van der Waals surface area (Å²) in [4.78, 5) is 8.02. The molecular weight excluding hydrogens is 460 g/mol. The van der Waals surface area contributed by atoms with Gasteiger partial charge in [-0.2, -0.15) is 0 Å². The topological polar surface area (TPSA) is 89.4 Å². The second-order valence-electron chi connectivity index (χ2n) is 12.6. The maximum absolute atomic E-state index is 11.2. The van der Waals surface area contributed by atoms with E-state index in [1.54, 1.807) is 0 Å². The molecule has 1 aromatic rings. The number of nitrogens with one attached hydrogen (secondary N) is 1. The smallest absolute Gasteiger partial charge is 0.115 e. The van der Waals surface area contributed by atoms with Gasteiger partial charge in [0.15, 0.2) is 0 Å². The van der Waals surface area contributed by atoms with Crippen LogP contribution in [-0.4, -0.2) is 43.6 Å². The van der Waals surface area contributed by atoms with Crippen molar-refractivity contribution in [1.82, 2.24) is 9.97 Å². The van der Waals surface area contributed by atoms with E-state index in [0.29, 0.717) is 30.6 Å². The zero-order chi connectivity index (χ0) is 26.4. The Morgan fingerprint density at radius 1 is 1.19 bits per heavy atom. The van der Waals surface area contributed by atoms with Gasteiger partial charge in [0.1, 0.15) is 5.82 Å². The summed E-state index contributed by atoms with van der Waals surface area (Å²) in [5.41, 5.74) is 4.42. The van der Waals surface area contributed by atoms with Gasteiger partial charge in [-0.15, -0.1) is 0 Å². The molecule has 0 spiro atoms. The second-order valence-corrected chi connectivity index (χ2v) is 12.6. The summed E-state index contributed by atoms with van der Waals surface area (Å²) in [6, 6.07) is 0. The van der Waals surface area contributed by atoms with E-state index in [9.17, 15) is 15.3 Å². The van der Waals surface area contributed by atoms with Gasteiger partial charge in [0.25, 0.3) is 0 Å². The predicted octanol–water partition coefficient (Wildman–Crippen LogP) is 5.70. The fraction of sp³-hybridized carbons (Fsp3) is 0.656. The van der Waals surface area contributed by atoms with Crippen LogP contribution in [0.15, 0.2) is 53.8 Å². The van der Waals surface area contributed by atoms with Crippen molar-refractivity contribution in [2.24, 2.45) is 23.2 Å². The van der Waals surface area contributed by atoms with Crippen LogP contribution in [0.4, 0.5) is 0 Å². The van der Waals surface area contributed by atoms with Crippen LogP contribution in [-0.2, 0) is 11.8 Å². The molecule has 4 aliphatic carbocycles. The zero-order valence-corrected chi connectivity index (χ0v) is 22.9. The SMILES string of the molecule is C=C1/C(=C\C=C2/CCC[C@]3(C)[C@@H]([C@H](C)/C=C/[C@@H](O)C4(c5ncc(CC)[nH]5)CC4)CC[C@@H]23)C[C@@H](O)C[C@@H]1O. The van der Waals surface area contributed by atoms with E-state index in [0.717, 1.165) is 48.3 Å². The number of hydrogen-bond acceptors (Lipinski definition) is 4. The number of rotatable bonds is 7. The molecular formula is C32H46N2O3. The maximum atomic E-state index is 11.2. The molecule has 4 aliphatic rings. The van der Waals surface area contributed by atoms with Gasteiger partial charge in [-0.05, 0) is 92.1 Å². The van der Waals surface area contributed by atoms with E-state index >= 15 is 0 Å². The summed E-state index contributed by atoms with van der Waals surface area (Å²) >= 11 is 0. The highest BCUT2D eigenvalue weighted by Gasteiger charge is 2.53. The van der Waals surface area contributed by atoms with Crippen molar-refractivity contribution in [3.8, 4) is 0 Å². The van der Waals surface area contributed by atoms with Crippen molar-refractivity contribution >= 4 is 0 Å². The molecule has 0 amide bonds. The summed E-state index contributed by atoms with van der Waals surface area (Å²) < 4.78 is 0. The lowest BCUT2D eigenvalue weighted by atomic mass is 9.61. The number of allylic oxidation sites excluding steroid dienone is 4. The van der Waals surface area contributed by atoms with Crippen molar-refractivity contribution in [1.29, 1.82) is 0 Å². The van der Waals surface area contributed by atoms with Crippen LogP contribution in [0.1, 0.15) is 90.1 Å². The molecule has 0 aliphatic heterocycles. The number of aromatic amines is 1. The van der Waals surface area contributed by atoms with Crippen molar-refractivity contribution < 1.29 is 15.3 Å². The lowest BCUT2D eigenvalue weighted by Crippen LogP contribution is -2.35. The van der Waals surface area contributed by atoms with Gasteiger partial charge in [-0.25, -0.2) is 4.98 Å². The number of hydrogen-bond donors (Lipinski definition) is 4. The molecule has 5 rings (SSSR count). The Hall–Kier alpha value is -1.95. The van der Waals surface area contributed by atoms with Gasteiger partial charge < -0.3 is 20.3 Å². The fourth-order valence-electron chi connectivity index (χ4n) is 7.81. The number of fused-ring (bicyclic) bond motifs is 1. The summed E-state index contributed by atoms with van der Waals surface area (Å²) in [7, 11) is 0. The van der Waals surface area contributed by atoms with Crippen molar-refractivity contribution in [3.63, 3.8) is 0 Å². The molecule has 5 heteroatoms. The minimum absolute atomic E-state index is 0.232. The Balaban J connectivity index is 1.28. The normalized spacial score (nSPS) is 37.3. The minimum atomic E-state index is -0.639. The standard InChI is InChI=1S/C32H46N2O3/c1-5-24-19-33-30(34-24)32(15-16-32)29(37)13-8-20(2)26-11-12-27-22(7-6-14-31(26,27)4)9-10-23-17-25(35)18-28(36)21(23)3/h8-10,13,19-20,25-29,35-37H,3,5-7,11-12,14-18H2,1-2,4H3,(H,33,34)/b13-8+,22-9+,23-10-/t20-,25-,26-,27+,28+,29-,31-/m1/s1. The van der Waals surface area contributed by atoms with E-state index in [-0.39, 0.29) is 10.8 Å². The summed E-state index contributed by atoms with van der Waals surface area (Å²) in [5, 5.41) is 31.5. The number of aliphatic hydroxyl groups is 3. The first-order chi connectivity index (χ1) is 17.7. The molecule has 4 fully saturated rings. The Labute approximate surface area is 222 Å². The van der Waals surface area contributed by atoms with Gasteiger partial charge in [0.2, 0.25) is 0 Å². The van der Waals surface area contributed by atoms with E-state index in [2.05, 4.69) is 61.6 Å². The average molecular weight is 507 g/mol. The highest BCUT2D eigenvalue weighted by Crippen LogP contribution is 2.59. The van der Waals surface area contributed by atoms with Crippen molar-refractivity contribution in [2.45, 2.75) is 109 Å². The Morgan fingerprint density at radius 2 is 1.97 bits per heavy atom. The Bertz CT molecular complexity index is 1090. The first-order valence-corrected chi connectivity index (χ1v) is 14.5. The molecule has 4 saturated carbocycles. The van der Waals surface area contributed by atoms with Gasteiger partial charge in [0, 0.05) is 18.3 Å². The Morgan fingerprint density at radius 3 is 2.68 bits per heavy atom. The number of imidazole rings is 1. The Kier molecular flexibility index (Phi) is 7.43. The molecule has 0 radical (unpaired) electrons. The summed E-state index contributed by atoms with van der Waals surface area (Å²) in [6.07, 6.45) is 18.9. The molecule has 1 heterocycles. The fourth-order valence-corrected chi connectivity index (χ4v) is 7.81. The summed E-state index contributed by atoms with van der Waals surface area (Å²) in [5.74, 6) is 2.51. The number of aryl methyl sites for hydroxylation is 1. The highest BCUT2D eigenvalue weighted by molar-refractivity contribution is 5.38. The number of nitrogens with zero attached hydrogens (tertiary/aromatic N) is 1. The van der Waals surface area contributed by atoms with Crippen LogP contribution >= 0.6 is 0 Å². The van der Waals surface area contributed by atoms with E-state index < -0.39 is 18.3 Å².